The number of carbonyl (C=O) groups is 1. The van der Waals surface area contributed by atoms with Crippen molar-refractivity contribution in [1.82, 2.24) is 5.32 Å². The number of nitro benzene ring substituents is 1. The average Bonchev–Trinajstić information content (AvgIpc) is 2.41. The highest BCUT2D eigenvalue weighted by atomic mass is 35.5. The van der Waals surface area contributed by atoms with Crippen molar-refractivity contribution in [2.75, 3.05) is 0 Å². The number of amides is 1. The van der Waals surface area contributed by atoms with Crippen LogP contribution in [0.15, 0.2) is 18.2 Å². The summed E-state index contributed by atoms with van der Waals surface area (Å²) in [6.07, 6.45) is 3.87. The summed E-state index contributed by atoms with van der Waals surface area (Å²) in [5.41, 5.74) is 0.805. The van der Waals surface area contributed by atoms with E-state index >= 15 is 0 Å². The van der Waals surface area contributed by atoms with Crippen LogP contribution in [0.1, 0.15) is 41.6 Å². The molecule has 1 aromatic rings. The van der Waals surface area contributed by atoms with Crippen LogP contribution in [-0.4, -0.2) is 22.2 Å². The van der Waals surface area contributed by atoms with Crippen molar-refractivity contribution in [3.8, 4) is 0 Å². The fourth-order valence-electron chi connectivity index (χ4n) is 2.45. The molecule has 1 aliphatic rings. The zero-order valence-electron chi connectivity index (χ0n) is 11.3. The smallest absolute Gasteiger partial charge is 0.273 e. The first kappa shape index (κ1) is 14.8. The Kier molecular flexibility index (Phi) is 4.60. The molecular formula is C14H17ClN2O3. The van der Waals surface area contributed by atoms with Gasteiger partial charge in [-0.2, -0.15) is 0 Å². The van der Waals surface area contributed by atoms with Gasteiger partial charge in [0.25, 0.3) is 11.6 Å². The predicted octanol–water partition coefficient (Wildman–Crippen LogP) is 3.18. The number of carbonyl (C=O) groups excluding carboxylic acids is 1. The molecule has 0 bridgehead atoms. The van der Waals surface area contributed by atoms with E-state index in [1.807, 2.05) is 0 Å². The fraction of sp³-hybridized carbons (Fsp3) is 0.500. The van der Waals surface area contributed by atoms with Crippen molar-refractivity contribution >= 4 is 23.2 Å². The van der Waals surface area contributed by atoms with Gasteiger partial charge in [0.1, 0.15) is 0 Å². The zero-order valence-corrected chi connectivity index (χ0v) is 12.0. The molecule has 6 heteroatoms. The maximum Gasteiger partial charge on any atom is 0.273 e. The second-order valence-electron chi connectivity index (χ2n) is 5.14. The average molecular weight is 297 g/mol. The number of nitro groups is 1. The van der Waals surface area contributed by atoms with Crippen molar-refractivity contribution in [3.05, 3.63) is 39.4 Å². The van der Waals surface area contributed by atoms with Crippen LogP contribution >= 0.6 is 11.6 Å². The lowest BCUT2D eigenvalue weighted by atomic mass is 9.94. The molecule has 0 aromatic heterocycles. The molecule has 0 heterocycles. The van der Waals surface area contributed by atoms with Gasteiger partial charge < -0.3 is 5.32 Å². The lowest BCUT2D eigenvalue weighted by Crippen LogP contribution is -2.42. The highest BCUT2D eigenvalue weighted by molar-refractivity contribution is 6.21. The van der Waals surface area contributed by atoms with E-state index in [-0.39, 0.29) is 23.0 Å². The summed E-state index contributed by atoms with van der Waals surface area (Å²) in [5.74, 6) is -0.300. The molecule has 1 amide bonds. The van der Waals surface area contributed by atoms with E-state index < -0.39 is 4.92 Å². The Bertz CT molecular complexity index is 533. The van der Waals surface area contributed by atoms with Crippen LogP contribution in [0.25, 0.3) is 0 Å². The maximum absolute atomic E-state index is 12.2. The van der Waals surface area contributed by atoms with Crippen LogP contribution in [0.2, 0.25) is 0 Å². The Hall–Kier alpha value is -1.62. The number of rotatable bonds is 3. The molecule has 1 fully saturated rings. The maximum atomic E-state index is 12.2. The number of hydrogen-bond acceptors (Lipinski definition) is 3. The summed E-state index contributed by atoms with van der Waals surface area (Å²) >= 11 is 6.20. The molecule has 1 aliphatic carbocycles. The van der Waals surface area contributed by atoms with E-state index in [1.165, 1.54) is 6.07 Å². The number of benzene rings is 1. The second kappa shape index (κ2) is 6.22. The van der Waals surface area contributed by atoms with Crippen LogP contribution in [0, 0.1) is 17.0 Å². The fourth-order valence-corrected chi connectivity index (χ4v) is 2.79. The minimum Gasteiger partial charge on any atom is -0.348 e. The first-order valence-corrected chi connectivity index (χ1v) is 7.12. The van der Waals surface area contributed by atoms with Crippen molar-refractivity contribution in [3.63, 3.8) is 0 Å². The monoisotopic (exact) mass is 296 g/mol. The highest BCUT2D eigenvalue weighted by Gasteiger charge is 2.25. The summed E-state index contributed by atoms with van der Waals surface area (Å²) < 4.78 is 0. The molecule has 0 saturated heterocycles. The minimum atomic E-state index is -0.475. The van der Waals surface area contributed by atoms with E-state index in [4.69, 9.17) is 11.6 Å². The Morgan fingerprint density at radius 1 is 1.40 bits per heavy atom. The minimum absolute atomic E-state index is 0.0382. The summed E-state index contributed by atoms with van der Waals surface area (Å²) in [6, 6.07) is 4.45. The van der Waals surface area contributed by atoms with E-state index in [2.05, 4.69) is 5.32 Å². The molecule has 0 radical (unpaired) electrons. The van der Waals surface area contributed by atoms with Crippen molar-refractivity contribution in [1.29, 1.82) is 0 Å². The van der Waals surface area contributed by atoms with E-state index in [1.54, 1.807) is 19.1 Å². The lowest BCUT2D eigenvalue weighted by molar-refractivity contribution is -0.385. The van der Waals surface area contributed by atoms with Crippen LogP contribution < -0.4 is 5.32 Å². The first-order chi connectivity index (χ1) is 9.49. The third-order valence-corrected chi connectivity index (χ3v) is 4.19. The van der Waals surface area contributed by atoms with Gasteiger partial charge in [-0.05, 0) is 25.8 Å². The number of aryl methyl sites for hydroxylation is 1. The number of nitrogens with one attached hydrogen (secondary N) is 1. The normalized spacial score (nSPS) is 22.3. The van der Waals surface area contributed by atoms with E-state index in [0.29, 0.717) is 11.1 Å². The standard InChI is InChI=1S/C14H17ClN2O3/c1-9-6-7-10(8-13(9)17(19)20)14(18)16-12-5-3-2-4-11(12)15/h6-8,11-12H,2-5H2,1H3,(H,16,18). The molecule has 20 heavy (non-hydrogen) atoms. The molecule has 2 rings (SSSR count). The quantitative estimate of drug-likeness (QED) is 0.529. The van der Waals surface area contributed by atoms with Crippen LogP contribution in [0.5, 0.6) is 0 Å². The highest BCUT2D eigenvalue weighted by Crippen LogP contribution is 2.24. The van der Waals surface area contributed by atoms with Crippen LogP contribution in [0.4, 0.5) is 5.69 Å². The molecule has 1 N–H and O–H groups in total. The van der Waals surface area contributed by atoms with Gasteiger partial charge in [-0.15, -0.1) is 11.6 Å². The van der Waals surface area contributed by atoms with Crippen molar-refractivity contribution in [2.24, 2.45) is 0 Å². The van der Waals surface area contributed by atoms with E-state index in [0.717, 1.165) is 25.7 Å². The molecule has 0 aliphatic heterocycles. The molecule has 1 aromatic carbocycles. The molecule has 1 saturated carbocycles. The molecule has 0 spiro atoms. The van der Waals surface area contributed by atoms with Crippen molar-refractivity contribution < 1.29 is 9.72 Å². The Balaban J connectivity index is 2.13. The zero-order chi connectivity index (χ0) is 14.7. The summed E-state index contributed by atoms with van der Waals surface area (Å²) in [4.78, 5) is 22.6. The van der Waals surface area contributed by atoms with Crippen molar-refractivity contribution in [2.45, 2.75) is 44.0 Å². The van der Waals surface area contributed by atoms with Gasteiger partial charge in [0.2, 0.25) is 0 Å². The van der Waals surface area contributed by atoms with Gasteiger partial charge in [-0.1, -0.05) is 18.9 Å². The third kappa shape index (κ3) is 3.28. The molecular weight excluding hydrogens is 280 g/mol. The predicted molar refractivity (Wildman–Crippen MR) is 77.2 cm³/mol. The number of nitrogens with zero attached hydrogens (tertiary/aromatic N) is 1. The lowest BCUT2D eigenvalue weighted by Gasteiger charge is -2.27. The Morgan fingerprint density at radius 3 is 2.75 bits per heavy atom. The molecule has 2 atom stereocenters. The first-order valence-electron chi connectivity index (χ1n) is 6.69. The summed E-state index contributed by atoms with van der Waals surface area (Å²) in [5, 5.41) is 13.7. The Morgan fingerprint density at radius 2 is 2.10 bits per heavy atom. The molecule has 108 valence electrons. The second-order valence-corrected chi connectivity index (χ2v) is 5.70. The van der Waals surface area contributed by atoms with Crippen LogP contribution in [-0.2, 0) is 0 Å². The molecule has 2 unspecified atom stereocenters. The van der Waals surface area contributed by atoms with Gasteiger partial charge in [0, 0.05) is 23.2 Å². The largest absolute Gasteiger partial charge is 0.348 e. The topological polar surface area (TPSA) is 72.2 Å². The van der Waals surface area contributed by atoms with Gasteiger partial charge in [-0.25, -0.2) is 0 Å². The van der Waals surface area contributed by atoms with Crippen LogP contribution in [0.3, 0.4) is 0 Å². The number of hydrogen-bond donors (Lipinski definition) is 1. The van der Waals surface area contributed by atoms with E-state index in [9.17, 15) is 14.9 Å². The number of halogens is 1. The SMILES string of the molecule is Cc1ccc(C(=O)NC2CCCCC2Cl)cc1[N+](=O)[O-]. The van der Waals surface area contributed by atoms with Gasteiger partial charge >= 0.3 is 0 Å². The Labute approximate surface area is 122 Å². The van der Waals surface area contributed by atoms with Gasteiger partial charge in [0.05, 0.1) is 10.3 Å². The van der Waals surface area contributed by atoms with Gasteiger partial charge in [0.15, 0.2) is 0 Å². The molecule has 5 nitrogen and oxygen atoms in total. The number of alkyl halides is 1. The summed E-state index contributed by atoms with van der Waals surface area (Å²) in [6.45, 7) is 1.65. The van der Waals surface area contributed by atoms with Gasteiger partial charge in [-0.3, -0.25) is 14.9 Å². The summed E-state index contributed by atoms with van der Waals surface area (Å²) in [7, 11) is 0. The third-order valence-electron chi connectivity index (χ3n) is 3.67.